The van der Waals surface area contributed by atoms with Crippen LogP contribution in [0.3, 0.4) is 0 Å². The lowest BCUT2D eigenvalue weighted by Crippen LogP contribution is -2.28. The van der Waals surface area contributed by atoms with Crippen LogP contribution in [0.25, 0.3) is 0 Å². The smallest absolute Gasteiger partial charge is 0.228 e. The molecule has 2 rings (SSSR count). The minimum Gasteiger partial charge on any atom is -0.370 e. The first-order valence-electron chi connectivity index (χ1n) is 6.81. The quantitative estimate of drug-likeness (QED) is 0.805. The second-order valence-electron chi connectivity index (χ2n) is 5.37. The number of hydrogen-bond acceptors (Lipinski definition) is 5. The molecule has 102 valence electrons. The third kappa shape index (κ3) is 3.29. The first-order chi connectivity index (χ1) is 8.61. The van der Waals surface area contributed by atoms with E-state index in [4.69, 9.17) is 15.0 Å². The predicted octanol–water partition coefficient (Wildman–Crippen LogP) is 2.08. The highest BCUT2D eigenvalue weighted by molar-refractivity contribution is 4.99. The lowest BCUT2D eigenvalue weighted by atomic mass is 10.0. The number of aromatic nitrogens is 2. The minimum absolute atomic E-state index is 0.00257. The first kappa shape index (κ1) is 13.5. The SMILES string of the molecule is CCOC(c1noc(CC(N)C(C)C)n1)C1CC1. The molecule has 1 fully saturated rings. The molecular formula is C13H23N3O2. The molecule has 1 aliphatic carbocycles. The average molecular weight is 253 g/mol. The Labute approximate surface area is 108 Å². The Bertz CT molecular complexity index is 374. The normalized spacial score (nSPS) is 19.2. The van der Waals surface area contributed by atoms with Crippen LogP contribution in [0.1, 0.15) is 51.4 Å². The minimum atomic E-state index is 0.00257. The van der Waals surface area contributed by atoms with Crippen molar-refractivity contribution in [2.75, 3.05) is 6.61 Å². The van der Waals surface area contributed by atoms with Gasteiger partial charge in [-0.1, -0.05) is 19.0 Å². The molecule has 5 heteroatoms. The van der Waals surface area contributed by atoms with Crippen LogP contribution < -0.4 is 5.73 Å². The highest BCUT2D eigenvalue weighted by Gasteiger charge is 2.36. The summed E-state index contributed by atoms with van der Waals surface area (Å²) in [6.07, 6.45) is 3.02. The Morgan fingerprint density at radius 3 is 2.72 bits per heavy atom. The molecule has 1 heterocycles. The number of ether oxygens (including phenoxy) is 1. The van der Waals surface area contributed by atoms with Gasteiger partial charge in [-0.15, -0.1) is 0 Å². The molecule has 0 aromatic carbocycles. The van der Waals surface area contributed by atoms with E-state index in [0.717, 1.165) is 0 Å². The van der Waals surface area contributed by atoms with E-state index < -0.39 is 0 Å². The number of nitrogens with zero attached hydrogens (tertiary/aromatic N) is 2. The van der Waals surface area contributed by atoms with Gasteiger partial charge in [0.15, 0.2) is 0 Å². The van der Waals surface area contributed by atoms with E-state index in [2.05, 4.69) is 24.0 Å². The molecule has 1 aromatic rings. The van der Waals surface area contributed by atoms with E-state index in [1.807, 2.05) is 6.92 Å². The number of nitrogens with two attached hydrogens (primary N) is 1. The fraction of sp³-hybridized carbons (Fsp3) is 0.846. The lowest BCUT2D eigenvalue weighted by molar-refractivity contribution is 0.0384. The van der Waals surface area contributed by atoms with Crippen LogP contribution in [0.4, 0.5) is 0 Å². The molecule has 5 nitrogen and oxygen atoms in total. The molecule has 0 spiro atoms. The predicted molar refractivity (Wildman–Crippen MR) is 67.9 cm³/mol. The van der Waals surface area contributed by atoms with Crippen LogP contribution in [0.2, 0.25) is 0 Å². The summed E-state index contributed by atoms with van der Waals surface area (Å²) in [6.45, 7) is 6.85. The van der Waals surface area contributed by atoms with Crippen molar-refractivity contribution < 1.29 is 9.26 Å². The van der Waals surface area contributed by atoms with Crippen LogP contribution in [0, 0.1) is 11.8 Å². The summed E-state index contributed by atoms with van der Waals surface area (Å²) >= 11 is 0. The van der Waals surface area contributed by atoms with E-state index in [0.29, 0.717) is 36.6 Å². The zero-order chi connectivity index (χ0) is 13.1. The van der Waals surface area contributed by atoms with Crippen molar-refractivity contribution in [1.82, 2.24) is 10.1 Å². The molecule has 2 atom stereocenters. The lowest BCUT2D eigenvalue weighted by Gasteiger charge is -2.12. The number of rotatable bonds is 7. The molecule has 0 amide bonds. The third-order valence-corrected chi connectivity index (χ3v) is 3.40. The van der Waals surface area contributed by atoms with Crippen molar-refractivity contribution >= 4 is 0 Å². The monoisotopic (exact) mass is 253 g/mol. The Morgan fingerprint density at radius 1 is 1.44 bits per heavy atom. The summed E-state index contributed by atoms with van der Waals surface area (Å²) < 4.78 is 11.0. The van der Waals surface area contributed by atoms with E-state index in [-0.39, 0.29) is 12.1 Å². The summed E-state index contributed by atoms with van der Waals surface area (Å²) in [6, 6.07) is 0.0600. The molecule has 2 N–H and O–H groups in total. The largest absolute Gasteiger partial charge is 0.370 e. The van der Waals surface area contributed by atoms with E-state index in [1.165, 1.54) is 12.8 Å². The van der Waals surface area contributed by atoms with Gasteiger partial charge in [0.2, 0.25) is 11.7 Å². The topological polar surface area (TPSA) is 74.2 Å². The van der Waals surface area contributed by atoms with E-state index in [1.54, 1.807) is 0 Å². The van der Waals surface area contributed by atoms with Gasteiger partial charge in [-0.2, -0.15) is 4.98 Å². The molecule has 0 bridgehead atoms. The Kier molecular flexibility index (Phi) is 4.35. The fourth-order valence-electron chi connectivity index (χ4n) is 1.90. The van der Waals surface area contributed by atoms with Crippen molar-refractivity contribution in [1.29, 1.82) is 0 Å². The van der Waals surface area contributed by atoms with Gasteiger partial charge in [-0.05, 0) is 31.6 Å². The maximum atomic E-state index is 6.01. The molecule has 1 aromatic heterocycles. The fourth-order valence-corrected chi connectivity index (χ4v) is 1.90. The second-order valence-corrected chi connectivity index (χ2v) is 5.37. The highest BCUT2D eigenvalue weighted by atomic mass is 16.5. The maximum absolute atomic E-state index is 6.01. The van der Waals surface area contributed by atoms with Gasteiger partial charge in [-0.3, -0.25) is 0 Å². The van der Waals surface area contributed by atoms with Crippen molar-refractivity contribution in [2.24, 2.45) is 17.6 Å². The van der Waals surface area contributed by atoms with Crippen LogP contribution in [-0.4, -0.2) is 22.8 Å². The first-order valence-corrected chi connectivity index (χ1v) is 6.81. The molecule has 0 radical (unpaired) electrons. The summed E-state index contributed by atoms with van der Waals surface area (Å²) in [5.74, 6) is 2.28. The van der Waals surface area contributed by atoms with E-state index in [9.17, 15) is 0 Å². The van der Waals surface area contributed by atoms with Gasteiger partial charge in [0.1, 0.15) is 6.10 Å². The van der Waals surface area contributed by atoms with Crippen LogP contribution >= 0.6 is 0 Å². The van der Waals surface area contributed by atoms with Crippen molar-refractivity contribution in [2.45, 2.75) is 52.2 Å². The average Bonchev–Trinajstić information content (AvgIpc) is 3.06. The van der Waals surface area contributed by atoms with Crippen molar-refractivity contribution in [3.05, 3.63) is 11.7 Å². The van der Waals surface area contributed by atoms with Crippen LogP contribution in [0.5, 0.6) is 0 Å². The highest BCUT2D eigenvalue weighted by Crippen LogP contribution is 2.42. The van der Waals surface area contributed by atoms with Gasteiger partial charge >= 0.3 is 0 Å². The zero-order valence-electron chi connectivity index (χ0n) is 11.4. The molecular weight excluding hydrogens is 230 g/mol. The zero-order valence-corrected chi connectivity index (χ0v) is 11.4. The molecule has 1 aliphatic rings. The maximum Gasteiger partial charge on any atom is 0.228 e. The molecule has 0 aliphatic heterocycles. The third-order valence-electron chi connectivity index (χ3n) is 3.40. The van der Waals surface area contributed by atoms with Gasteiger partial charge in [0, 0.05) is 19.1 Å². The molecule has 2 unspecified atom stereocenters. The van der Waals surface area contributed by atoms with Gasteiger partial charge in [0.05, 0.1) is 0 Å². The Morgan fingerprint density at radius 2 is 2.17 bits per heavy atom. The van der Waals surface area contributed by atoms with Crippen molar-refractivity contribution in [3.63, 3.8) is 0 Å². The van der Waals surface area contributed by atoms with Crippen LogP contribution in [0.15, 0.2) is 4.52 Å². The Balaban J connectivity index is 1.99. The van der Waals surface area contributed by atoms with Crippen molar-refractivity contribution in [3.8, 4) is 0 Å². The summed E-state index contributed by atoms with van der Waals surface area (Å²) in [4.78, 5) is 4.43. The van der Waals surface area contributed by atoms with Gasteiger partial charge in [0.25, 0.3) is 0 Å². The summed E-state index contributed by atoms with van der Waals surface area (Å²) in [7, 11) is 0. The summed E-state index contributed by atoms with van der Waals surface area (Å²) in [5.41, 5.74) is 6.01. The molecule has 1 saturated carbocycles. The summed E-state index contributed by atoms with van der Waals surface area (Å²) in [5, 5.41) is 4.04. The van der Waals surface area contributed by atoms with Gasteiger partial charge in [-0.25, -0.2) is 0 Å². The Hall–Kier alpha value is -0.940. The molecule has 18 heavy (non-hydrogen) atoms. The van der Waals surface area contributed by atoms with E-state index >= 15 is 0 Å². The number of hydrogen-bond donors (Lipinski definition) is 1. The second kappa shape index (κ2) is 5.80. The standard InChI is InChI=1S/C13H23N3O2/c1-4-17-12(9-5-6-9)13-15-11(18-16-13)7-10(14)8(2)3/h8-10,12H,4-7,14H2,1-3H3. The molecule has 0 saturated heterocycles. The van der Waals surface area contributed by atoms with Gasteiger partial charge < -0.3 is 15.0 Å². The van der Waals surface area contributed by atoms with Crippen LogP contribution in [-0.2, 0) is 11.2 Å².